The molecule has 1 amide bonds. The summed E-state index contributed by atoms with van der Waals surface area (Å²) < 4.78 is 23.5. The number of fused-ring (bicyclic) bond motifs is 1. The predicted molar refractivity (Wildman–Crippen MR) is 160 cm³/mol. The molecule has 228 valence electrons. The zero-order valence-electron chi connectivity index (χ0n) is 24.1. The number of piperidine rings is 1. The van der Waals surface area contributed by atoms with Gasteiger partial charge in [-0.15, -0.1) is 0 Å². The lowest BCUT2D eigenvalue weighted by Gasteiger charge is -2.45. The van der Waals surface area contributed by atoms with Crippen molar-refractivity contribution in [1.82, 2.24) is 19.8 Å². The maximum atomic E-state index is 16.8. The Bertz CT molecular complexity index is 1500. The lowest BCUT2D eigenvalue weighted by atomic mass is 9.73. The van der Waals surface area contributed by atoms with Crippen LogP contribution in [-0.4, -0.2) is 68.2 Å². The summed E-state index contributed by atoms with van der Waals surface area (Å²) in [4.78, 5) is 26.7. The molecule has 3 heterocycles. The zero-order chi connectivity index (χ0) is 30.5. The first-order valence-electron chi connectivity index (χ1n) is 14.7. The average Bonchev–Trinajstić information content (AvgIpc) is 3.21. The van der Waals surface area contributed by atoms with E-state index in [2.05, 4.69) is 14.9 Å². The number of aliphatic hydroxyl groups is 2. The van der Waals surface area contributed by atoms with Gasteiger partial charge < -0.3 is 19.8 Å². The van der Waals surface area contributed by atoms with E-state index in [0.29, 0.717) is 40.4 Å². The Labute approximate surface area is 260 Å². The first-order valence-corrected chi connectivity index (χ1v) is 15.5. The Kier molecular flexibility index (Phi) is 8.25. The Hall–Kier alpha value is -2.66. The average molecular weight is 630 g/mol. The molecule has 1 saturated carbocycles. The molecule has 2 aliphatic heterocycles. The van der Waals surface area contributed by atoms with E-state index in [0.717, 1.165) is 25.9 Å². The van der Waals surface area contributed by atoms with Crippen molar-refractivity contribution in [3.05, 3.63) is 92.7 Å². The minimum Gasteiger partial charge on any atom is -0.393 e. The number of carbonyl (C=O) groups is 1. The number of likely N-dealkylation sites (tertiary alicyclic amines) is 1. The molecule has 1 aliphatic carbocycles. The first kappa shape index (κ1) is 30.4. The number of hydrogen-bond donors (Lipinski definition) is 2. The van der Waals surface area contributed by atoms with Gasteiger partial charge in [0.2, 0.25) is 5.72 Å². The summed E-state index contributed by atoms with van der Waals surface area (Å²) in [6.07, 6.45) is 4.46. The molecule has 1 saturated heterocycles. The monoisotopic (exact) mass is 628 g/mol. The smallest absolute Gasteiger partial charge is 0.257 e. The highest BCUT2D eigenvalue weighted by Crippen LogP contribution is 2.51. The van der Waals surface area contributed by atoms with Crippen LogP contribution in [0.25, 0.3) is 0 Å². The number of halogens is 3. The molecule has 0 radical (unpaired) electrons. The minimum atomic E-state index is -1.70. The second-order valence-corrected chi connectivity index (χ2v) is 12.8. The van der Waals surface area contributed by atoms with Crippen molar-refractivity contribution in [3.8, 4) is 0 Å². The largest absolute Gasteiger partial charge is 0.393 e. The summed E-state index contributed by atoms with van der Waals surface area (Å²) in [6, 6.07) is 9.75. The van der Waals surface area contributed by atoms with Crippen LogP contribution in [0.5, 0.6) is 0 Å². The number of aromatic nitrogens is 2. The van der Waals surface area contributed by atoms with Crippen molar-refractivity contribution in [1.29, 1.82) is 0 Å². The third-order valence-corrected chi connectivity index (χ3v) is 9.78. The van der Waals surface area contributed by atoms with Gasteiger partial charge in [0.25, 0.3) is 5.91 Å². The van der Waals surface area contributed by atoms with Crippen molar-refractivity contribution in [2.75, 3.05) is 20.1 Å². The van der Waals surface area contributed by atoms with Crippen LogP contribution in [0.15, 0.2) is 48.8 Å². The number of nitrogens with zero attached hydrogens (tertiary/aromatic N) is 4. The van der Waals surface area contributed by atoms with Crippen LogP contribution in [0, 0.1) is 11.7 Å². The van der Waals surface area contributed by atoms with E-state index in [1.807, 2.05) is 14.0 Å². The van der Waals surface area contributed by atoms with Gasteiger partial charge in [-0.3, -0.25) is 9.69 Å². The maximum absolute atomic E-state index is 16.8. The van der Waals surface area contributed by atoms with E-state index in [-0.39, 0.29) is 29.4 Å². The number of aliphatic hydroxyl groups excluding tert-OH is 1. The predicted octanol–water partition coefficient (Wildman–Crippen LogP) is 5.26. The minimum absolute atomic E-state index is 0.0563. The lowest BCUT2D eigenvalue weighted by molar-refractivity contribution is -0.191. The summed E-state index contributed by atoms with van der Waals surface area (Å²) in [5.41, 5.74) is -1.98. The van der Waals surface area contributed by atoms with Gasteiger partial charge in [0, 0.05) is 23.0 Å². The van der Waals surface area contributed by atoms with Crippen LogP contribution in [0.3, 0.4) is 0 Å². The molecule has 0 bridgehead atoms. The summed E-state index contributed by atoms with van der Waals surface area (Å²) in [7, 11) is 2.05. The van der Waals surface area contributed by atoms with Gasteiger partial charge in [-0.05, 0) is 88.0 Å². The number of amides is 1. The molecular formula is C32H35Cl2FN4O4. The number of benzene rings is 2. The molecule has 11 heteroatoms. The Balaban J connectivity index is 1.53. The molecule has 0 spiro atoms. The maximum Gasteiger partial charge on any atom is 0.257 e. The number of rotatable bonds is 8. The van der Waals surface area contributed by atoms with Crippen LogP contribution in [0.1, 0.15) is 71.9 Å². The fourth-order valence-electron chi connectivity index (χ4n) is 6.79. The molecule has 6 rings (SSSR count). The molecule has 1 aromatic heterocycles. The molecule has 2 aromatic carbocycles. The van der Waals surface area contributed by atoms with Crippen LogP contribution in [-0.2, 0) is 22.6 Å². The molecule has 2 N–H and O–H groups in total. The highest BCUT2D eigenvalue weighted by molar-refractivity contribution is 6.30. The number of hydrogen-bond acceptors (Lipinski definition) is 7. The zero-order valence-corrected chi connectivity index (χ0v) is 25.7. The summed E-state index contributed by atoms with van der Waals surface area (Å²) in [5.74, 6) is -0.936. The number of ether oxygens (including phenoxy) is 1. The van der Waals surface area contributed by atoms with Crippen LogP contribution >= 0.6 is 23.2 Å². The van der Waals surface area contributed by atoms with E-state index >= 15 is 4.39 Å². The molecular weight excluding hydrogens is 594 g/mol. The van der Waals surface area contributed by atoms with Gasteiger partial charge >= 0.3 is 0 Å². The quantitative estimate of drug-likeness (QED) is 0.351. The third-order valence-electron chi connectivity index (χ3n) is 9.33. The van der Waals surface area contributed by atoms with Crippen LogP contribution in [0.2, 0.25) is 10.0 Å². The third kappa shape index (κ3) is 5.34. The highest BCUT2D eigenvalue weighted by Gasteiger charge is 2.57. The fourth-order valence-corrected chi connectivity index (χ4v) is 7.02. The summed E-state index contributed by atoms with van der Waals surface area (Å²) in [5, 5.41) is 23.0. The number of carbonyl (C=O) groups excluding carboxylic acids is 1. The van der Waals surface area contributed by atoms with Gasteiger partial charge in [-0.25, -0.2) is 14.4 Å². The van der Waals surface area contributed by atoms with Crippen molar-refractivity contribution in [3.63, 3.8) is 0 Å². The van der Waals surface area contributed by atoms with Crippen molar-refractivity contribution < 1.29 is 24.1 Å². The molecule has 2 fully saturated rings. The summed E-state index contributed by atoms with van der Waals surface area (Å²) >= 11 is 12.3. The van der Waals surface area contributed by atoms with Crippen LogP contribution < -0.4 is 0 Å². The van der Waals surface area contributed by atoms with Gasteiger partial charge in [0.05, 0.1) is 40.5 Å². The van der Waals surface area contributed by atoms with Gasteiger partial charge in [0.1, 0.15) is 11.6 Å². The molecule has 3 aliphatic rings. The van der Waals surface area contributed by atoms with E-state index in [1.54, 1.807) is 30.3 Å². The first-order chi connectivity index (χ1) is 20.5. The second-order valence-electron chi connectivity index (χ2n) is 12.0. The fraction of sp³-hybridized carbons (Fsp3) is 0.469. The Morgan fingerprint density at radius 3 is 2.35 bits per heavy atom. The lowest BCUT2D eigenvalue weighted by Crippen LogP contribution is -2.52. The molecule has 1 unspecified atom stereocenters. The van der Waals surface area contributed by atoms with Crippen LogP contribution in [0.4, 0.5) is 4.39 Å². The second kappa shape index (κ2) is 11.7. The van der Waals surface area contributed by atoms with E-state index in [4.69, 9.17) is 27.9 Å². The molecule has 3 aromatic rings. The summed E-state index contributed by atoms with van der Waals surface area (Å²) in [6.45, 7) is 3.44. The standard InChI is InChI=1S/C32H35Cl2FN4O4/c1-3-31(42,19-8-10-38(2)11-9-19)21-12-26-29(27(35)13-21)32(43-25-14-24(40)15-25,20-4-6-22(33)7-5-20)39(30(26)41)18-28-36-16-23(34)17-37-28/h4-7,12-13,16-17,19,24-25,40,42H,3,8-11,14-15,18H2,1-2H3/t24-,25+,31?,32-/m1/s1. The Morgan fingerprint density at radius 1 is 1.09 bits per heavy atom. The van der Waals surface area contributed by atoms with E-state index < -0.39 is 35.3 Å². The molecule has 8 nitrogen and oxygen atoms in total. The van der Waals surface area contributed by atoms with E-state index in [1.165, 1.54) is 23.4 Å². The molecule has 43 heavy (non-hydrogen) atoms. The topological polar surface area (TPSA) is 99.0 Å². The van der Waals surface area contributed by atoms with Crippen molar-refractivity contribution in [2.45, 2.75) is 69.1 Å². The van der Waals surface area contributed by atoms with Gasteiger partial charge in [-0.1, -0.05) is 42.3 Å². The van der Waals surface area contributed by atoms with Gasteiger partial charge in [-0.2, -0.15) is 0 Å². The van der Waals surface area contributed by atoms with Crippen molar-refractivity contribution in [2.24, 2.45) is 5.92 Å². The van der Waals surface area contributed by atoms with E-state index in [9.17, 15) is 15.0 Å². The normalized spacial score (nSPS) is 25.8. The highest BCUT2D eigenvalue weighted by atomic mass is 35.5. The molecule has 2 atom stereocenters. The Morgan fingerprint density at radius 2 is 1.74 bits per heavy atom. The van der Waals surface area contributed by atoms with Crippen molar-refractivity contribution >= 4 is 29.1 Å². The van der Waals surface area contributed by atoms with Gasteiger partial charge in [0.15, 0.2) is 0 Å². The SMILES string of the molecule is CCC(O)(c1cc(F)c2c(c1)C(=O)N(Cc1ncc(Cl)cn1)[C@@]2(O[C@H]1C[C@@H](O)C1)c1ccc(Cl)cc1)C1CCN(C)CC1.